The predicted molar refractivity (Wildman–Crippen MR) is 69.5 cm³/mol. The third kappa shape index (κ3) is 3.88. The van der Waals surface area contributed by atoms with Crippen LogP contribution in [0.5, 0.6) is 0 Å². The van der Waals surface area contributed by atoms with Crippen LogP contribution in [-0.4, -0.2) is 11.9 Å². The van der Waals surface area contributed by atoms with Gasteiger partial charge in [-0.1, -0.05) is 27.5 Å². The minimum absolute atomic E-state index is 0.0461. The molecule has 0 aromatic heterocycles. The second-order valence-corrected chi connectivity index (χ2v) is 4.79. The summed E-state index contributed by atoms with van der Waals surface area (Å²) in [4.78, 5) is 11.8. The van der Waals surface area contributed by atoms with Gasteiger partial charge in [0, 0.05) is 27.5 Å². The molecule has 0 aliphatic carbocycles. The van der Waals surface area contributed by atoms with E-state index in [1.54, 1.807) is 18.2 Å². The number of rotatable bonds is 3. The van der Waals surface area contributed by atoms with Gasteiger partial charge in [-0.15, -0.1) is 12.3 Å². The maximum atomic E-state index is 11.8. The number of benzene rings is 1. The predicted octanol–water partition coefficient (Wildman–Crippen LogP) is 3.24. The van der Waals surface area contributed by atoms with Gasteiger partial charge in [-0.25, -0.2) is 0 Å². The highest BCUT2D eigenvalue weighted by Gasteiger charge is 2.10. The van der Waals surface area contributed by atoms with Crippen LogP contribution in [0.15, 0.2) is 22.7 Å². The molecule has 1 unspecified atom stereocenters. The van der Waals surface area contributed by atoms with Crippen molar-refractivity contribution in [3.05, 3.63) is 33.3 Å². The van der Waals surface area contributed by atoms with Gasteiger partial charge < -0.3 is 5.32 Å². The maximum Gasteiger partial charge on any atom is 0.251 e. The van der Waals surface area contributed by atoms with Gasteiger partial charge in [-0.2, -0.15) is 0 Å². The molecule has 1 N–H and O–H groups in total. The zero-order chi connectivity index (χ0) is 12.1. The molecule has 0 bridgehead atoms. The lowest BCUT2D eigenvalue weighted by molar-refractivity contribution is 0.0941. The van der Waals surface area contributed by atoms with Crippen LogP contribution in [0, 0.1) is 12.3 Å². The molecule has 84 valence electrons. The summed E-state index contributed by atoms with van der Waals surface area (Å²) < 4.78 is 0.773. The summed E-state index contributed by atoms with van der Waals surface area (Å²) in [7, 11) is 0. The van der Waals surface area contributed by atoms with E-state index in [9.17, 15) is 4.79 Å². The minimum atomic E-state index is -0.175. The zero-order valence-corrected chi connectivity index (χ0v) is 11.1. The average molecular weight is 301 g/mol. The van der Waals surface area contributed by atoms with Crippen LogP contribution < -0.4 is 5.32 Å². The summed E-state index contributed by atoms with van der Waals surface area (Å²) in [6.45, 7) is 1.86. The van der Waals surface area contributed by atoms with Crippen LogP contribution in [0.1, 0.15) is 23.7 Å². The number of nitrogens with one attached hydrogen (secondary N) is 1. The van der Waals surface area contributed by atoms with Crippen molar-refractivity contribution in [1.29, 1.82) is 0 Å². The first-order valence-corrected chi connectivity index (χ1v) is 5.90. The Morgan fingerprint density at radius 1 is 1.62 bits per heavy atom. The summed E-state index contributed by atoms with van der Waals surface area (Å²) in [5.41, 5.74) is 0.517. The molecule has 0 spiro atoms. The quantitative estimate of drug-likeness (QED) is 0.853. The fraction of sp³-hybridized carbons (Fsp3) is 0.250. The summed E-state index contributed by atoms with van der Waals surface area (Å²) in [6.07, 6.45) is 5.67. The van der Waals surface area contributed by atoms with Gasteiger partial charge in [0.1, 0.15) is 0 Å². The largest absolute Gasteiger partial charge is 0.349 e. The van der Waals surface area contributed by atoms with Crippen molar-refractivity contribution in [2.45, 2.75) is 19.4 Å². The van der Waals surface area contributed by atoms with Gasteiger partial charge in [0.2, 0.25) is 0 Å². The molecule has 0 fully saturated rings. The summed E-state index contributed by atoms with van der Waals surface area (Å²) in [6, 6.07) is 5.01. The number of hydrogen-bond donors (Lipinski definition) is 1. The van der Waals surface area contributed by atoms with Crippen LogP contribution in [0.25, 0.3) is 0 Å². The lowest BCUT2D eigenvalue weighted by Crippen LogP contribution is -2.32. The number of carbonyl (C=O) groups is 1. The van der Waals surface area contributed by atoms with Gasteiger partial charge >= 0.3 is 0 Å². The molecule has 1 aromatic carbocycles. The summed E-state index contributed by atoms with van der Waals surface area (Å²) in [5.74, 6) is 2.32. The molecule has 0 radical (unpaired) electrons. The smallest absolute Gasteiger partial charge is 0.251 e. The molecular formula is C12H11BrClNO. The topological polar surface area (TPSA) is 29.1 Å². The van der Waals surface area contributed by atoms with E-state index >= 15 is 0 Å². The van der Waals surface area contributed by atoms with E-state index in [0.29, 0.717) is 17.0 Å². The molecule has 0 heterocycles. The minimum Gasteiger partial charge on any atom is -0.349 e. The Morgan fingerprint density at radius 2 is 2.31 bits per heavy atom. The zero-order valence-electron chi connectivity index (χ0n) is 8.76. The summed E-state index contributed by atoms with van der Waals surface area (Å²) in [5, 5.41) is 3.31. The SMILES string of the molecule is C#CCC(C)NC(=O)c1cc(Cl)cc(Br)c1. The van der Waals surface area contributed by atoms with Crippen molar-refractivity contribution >= 4 is 33.4 Å². The molecule has 1 aromatic rings. The Morgan fingerprint density at radius 3 is 2.88 bits per heavy atom. The summed E-state index contributed by atoms with van der Waals surface area (Å²) >= 11 is 9.13. The van der Waals surface area contributed by atoms with Gasteiger partial charge in [-0.3, -0.25) is 4.79 Å². The van der Waals surface area contributed by atoms with E-state index in [1.165, 1.54) is 0 Å². The Bertz CT molecular complexity index is 419. The van der Waals surface area contributed by atoms with E-state index in [1.807, 2.05) is 6.92 Å². The van der Waals surface area contributed by atoms with E-state index in [4.69, 9.17) is 18.0 Å². The van der Waals surface area contributed by atoms with Crippen molar-refractivity contribution in [3.8, 4) is 12.3 Å². The maximum absolute atomic E-state index is 11.8. The first-order chi connectivity index (χ1) is 7.52. The molecule has 1 rings (SSSR count). The monoisotopic (exact) mass is 299 g/mol. The molecule has 0 aliphatic rings. The van der Waals surface area contributed by atoms with E-state index < -0.39 is 0 Å². The van der Waals surface area contributed by atoms with Gasteiger partial charge in [0.05, 0.1) is 0 Å². The Hall–Kier alpha value is -0.980. The standard InChI is InChI=1S/C12H11BrClNO/c1-3-4-8(2)15-12(16)9-5-10(13)7-11(14)6-9/h1,5-8H,4H2,2H3,(H,15,16). The number of carbonyl (C=O) groups excluding carboxylic acids is 1. The number of amides is 1. The fourth-order valence-corrected chi connectivity index (χ4v) is 2.08. The number of halogens is 2. The normalized spacial score (nSPS) is 11.6. The number of hydrogen-bond acceptors (Lipinski definition) is 1. The molecule has 0 aliphatic heterocycles. The highest BCUT2D eigenvalue weighted by Crippen LogP contribution is 2.19. The Balaban J connectivity index is 2.77. The van der Waals surface area contributed by atoms with Crippen LogP contribution in [0.3, 0.4) is 0 Å². The molecular weight excluding hydrogens is 289 g/mol. The molecule has 2 nitrogen and oxygen atoms in total. The van der Waals surface area contributed by atoms with Crippen LogP contribution in [-0.2, 0) is 0 Å². The van der Waals surface area contributed by atoms with Crippen molar-refractivity contribution in [2.24, 2.45) is 0 Å². The van der Waals surface area contributed by atoms with Gasteiger partial charge in [-0.05, 0) is 25.1 Å². The first kappa shape index (κ1) is 13.1. The van der Waals surface area contributed by atoms with E-state index in [0.717, 1.165) is 4.47 Å². The highest BCUT2D eigenvalue weighted by molar-refractivity contribution is 9.10. The molecule has 4 heteroatoms. The lowest BCUT2D eigenvalue weighted by atomic mass is 10.2. The third-order valence-corrected chi connectivity index (χ3v) is 2.60. The Kier molecular flexibility index (Phi) is 4.85. The van der Waals surface area contributed by atoms with Gasteiger partial charge in [0.25, 0.3) is 5.91 Å². The van der Waals surface area contributed by atoms with E-state index in [2.05, 4.69) is 27.2 Å². The van der Waals surface area contributed by atoms with Crippen molar-refractivity contribution in [1.82, 2.24) is 5.32 Å². The van der Waals surface area contributed by atoms with Crippen molar-refractivity contribution < 1.29 is 4.79 Å². The molecule has 0 saturated carbocycles. The molecule has 1 atom stereocenters. The van der Waals surface area contributed by atoms with E-state index in [-0.39, 0.29) is 11.9 Å². The molecule has 16 heavy (non-hydrogen) atoms. The molecule has 0 saturated heterocycles. The second kappa shape index (κ2) is 5.93. The highest BCUT2D eigenvalue weighted by atomic mass is 79.9. The van der Waals surface area contributed by atoms with Crippen molar-refractivity contribution in [3.63, 3.8) is 0 Å². The Labute approximate surface area is 109 Å². The fourth-order valence-electron chi connectivity index (χ4n) is 1.22. The van der Waals surface area contributed by atoms with Gasteiger partial charge in [0.15, 0.2) is 0 Å². The first-order valence-electron chi connectivity index (χ1n) is 4.73. The van der Waals surface area contributed by atoms with Crippen molar-refractivity contribution in [2.75, 3.05) is 0 Å². The molecule has 1 amide bonds. The lowest BCUT2D eigenvalue weighted by Gasteiger charge is -2.11. The third-order valence-electron chi connectivity index (χ3n) is 1.93. The number of terminal acetylenes is 1. The van der Waals surface area contributed by atoms with Crippen LogP contribution in [0.2, 0.25) is 5.02 Å². The van der Waals surface area contributed by atoms with Crippen LogP contribution in [0.4, 0.5) is 0 Å². The average Bonchev–Trinajstić information content (AvgIpc) is 2.16. The second-order valence-electron chi connectivity index (χ2n) is 3.44. The van der Waals surface area contributed by atoms with Crippen LogP contribution >= 0.6 is 27.5 Å².